The first kappa shape index (κ1) is 29.7. The van der Waals surface area contributed by atoms with Crippen LogP contribution >= 0.6 is 11.6 Å². The van der Waals surface area contributed by atoms with E-state index in [0.29, 0.717) is 48.0 Å². The van der Waals surface area contributed by atoms with E-state index in [9.17, 15) is 8.42 Å². The number of nitrogens with zero attached hydrogens (tertiary/aromatic N) is 5. The molecule has 13 heteroatoms. The molecule has 0 amide bonds. The molecule has 0 saturated carbocycles. The van der Waals surface area contributed by atoms with E-state index in [-0.39, 0.29) is 5.75 Å². The van der Waals surface area contributed by atoms with Crippen molar-refractivity contribution in [1.29, 1.82) is 0 Å². The van der Waals surface area contributed by atoms with Crippen molar-refractivity contribution >= 4 is 44.9 Å². The summed E-state index contributed by atoms with van der Waals surface area (Å²) in [5, 5.41) is 13.9. The molecule has 2 aromatic heterocycles. The third kappa shape index (κ3) is 7.55. The van der Waals surface area contributed by atoms with Gasteiger partial charge in [0.2, 0.25) is 16.0 Å². The van der Waals surface area contributed by atoms with Crippen molar-refractivity contribution < 1.29 is 13.2 Å². The van der Waals surface area contributed by atoms with Crippen molar-refractivity contribution in [3.05, 3.63) is 51.8 Å². The van der Waals surface area contributed by atoms with Gasteiger partial charge in [0.05, 0.1) is 25.2 Å². The Morgan fingerprint density at radius 2 is 1.80 bits per heavy atom. The summed E-state index contributed by atoms with van der Waals surface area (Å²) in [6, 6.07) is 6.18. The third-order valence-corrected chi connectivity index (χ3v) is 10.1. The SMILES string of the molecule is Cc1cc(Nc2nc(Nc3cc(C)c(C4CCN(S(=O)(=O)CCCN5CCOCC5)CC4)cc3C)ncc2Cl)n[nH]1. The average Bonchev–Trinajstić information content (AvgIpc) is 3.37. The molecule has 1 aromatic carbocycles. The Bertz CT molecular complexity index is 1450. The number of halogens is 1. The van der Waals surface area contributed by atoms with Crippen LogP contribution in [0.2, 0.25) is 5.02 Å². The van der Waals surface area contributed by atoms with E-state index in [1.165, 1.54) is 5.56 Å². The van der Waals surface area contributed by atoms with E-state index in [2.05, 4.69) is 61.7 Å². The number of rotatable bonds is 10. The first-order chi connectivity index (χ1) is 19.7. The van der Waals surface area contributed by atoms with Gasteiger partial charge >= 0.3 is 0 Å². The van der Waals surface area contributed by atoms with Crippen LogP contribution in [0, 0.1) is 20.8 Å². The lowest BCUT2D eigenvalue weighted by Crippen LogP contribution is -2.41. The molecular formula is C28H39ClN8O3S. The molecule has 0 radical (unpaired) electrons. The fourth-order valence-corrected chi connectivity index (χ4v) is 7.18. The van der Waals surface area contributed by atoms with Crippen LogP contribution in [0.5, 0.6) is 0 Å². The largest absolute Gasteiger partial charge is 0.379 e. The molecule has 2 aliphatic heterocycles. The molecule has 0 atom stereocenters. The number of sulfonamides is 1. The smallest absolute Gasteiger partial charge is 0.229 e. The number of nitrogens with one attached hydrogen (secondary N) is 3. The van der Waals surface area contributed by atoms with Gasteiger partial charge in [-0.1, -0.05) is 17.7 Å². The lowest BCUT2D eigenvalue weighted by Gasteiger charge is -2.33. The predicted molar refractivity (Wildman–Crippen MR) is 162 cm³/mol. The second kappa shape index (κ2) is 13.0. The third-order valence-electron chi connectivity index (χ3n) is 7.82. The molecule has 222 valence electrons. The number of aromatic amines is 1. The van der Waals surface area contributed by atoms with E-state index >= 15 is 0 Å². The van der Waals surface area contributed by atoms with E-state index in [0.717, 1.165) is 68.2 Å². The van der Waals surface area contributed by atoms with Crippen molar-refractivity contribution in [3.8, 4) is 0 Å². The number of benzene rings is 1. The molecule has 0 unspecified atom stereocenters. The molecule has 0 bridgehead atoms. The van der Waals surface area contributed by atoms with Crippen LogP contribution in [0.15, 0.2) is 24.4 Å². The van der Waals surface area contributed by atoms with Gasteiger partial charge in [0.25, 0.3) is 0 Å². The quantitative estimate of drug-likeness (QED) is 0.307. The molecule has 5 rings (SSSR count). The minimum atomic E-state index is -3.24. The maximum absolute atomic E-state index is 13.0. The number of ether oxygens (including phenoxy) is 1. The zero-order chi connectivity index (χ0) is 29.0. The van der Waals surface area contributed by atoms with Gasteiger partial charge < -0.3 is 15.4 Å². The Morgan fingerprint density at radius 1 is 1.05 bits per heavy atom. The van der Waals surface area contributed by atoms with E-state index in [1.54, 1.807) is 10.5 Å². The van der Waals surface area contributed by atoms with Crippen LogP contribution in [-0.2, 0) is 14.8 Å². The molecule has 11 nitrogen and oxygen atoms in total. The Labute approximate surface area is 247 Å². The lowest BCUT2D eigenvalue weighted by molar-refractivity contribution is 0.0380. The molecule has 3 aromatic rings. The summed E-state index contributed by atoms with van der Waals surface area (Å²) in [7, 11) is -3.24. The number of piperidine rings is 1. The number of aromatic nitrogens is 4. The van der Waals surface area contributed by atoms with Gasteiger partial charge in [0.15, 0.2) is 11.6 Å². The molecule has 0 spiro atoms. The summed E-state index contributed by atoms with van der Waals surface area (Å²) in [6.07, 6.45) is 3.85. The zero-order valence-electron chi connectivity index (χ0n) is 23.9. The number of hydrogen-bond donors (Lipinski definition) is 3. The Balaban J connectivity index is 1.18. The molecule has 2 aliphatic rings. The topological polar surface area (TPSA) is 128 Å². The standard InChI is InChI=1S/C28H39ClN8O3S/c1-19-16-25(31-28-30-18-24(29)27(33-28)32-26-17-21(3)34-35-26)20(2)15-23(19)22-5-8-37(9-6-22)41(38,39)14-4-7-36-10-12-40-13-11-36/h15-18,22H,4-14H2,1-3H3,(H3,30,31,32,33,34,35). The van der Waals surface area contributed by atoms with Crippen molar-refractivity contribution in [2.24, 2.45) is 0 Å². The van der Waals surface area contributed by atoms with Crippen LogP contribution in [0.25, 0.3) is 0 Å². The van der Waals surface area contributed by atoms with Gasteiger partial charge in [-0.2, -0.15) is 10.1 Å². The normalized spacial score (nSPS) is 17.6. The number of morpholine rings is 1. The van der Waals surface area contributed by atoms with Crippen molar-refractivity contribution in [1.82, 2.24) is 29.4 Å². The van der Waals surface area contributed by atoms with E-state index in [1.807, 2.05) is 13.0 Å². The van der Waals surface area contributed by atoms with Crippen LogP contribution < -0.4 is 10.6 Å². The highest BCUT2D eigenvalue weighted by Gasteiger charge is 2.29. The van der Waals surface area contributed by atoms with Gasteiger partial charge in [-0.15, -0.1) is 0 Å². The molecule has 3 N–H and O–H groups in total. The van der Waals surface area contributed by atoms with Crippen LogP contribution in [0.1, 0.15) is 47.6 Å². The molecule has 41 heavy (non-hydrogen) atoms. The van der Waals surface area contributed by atoms with Crippen molar-refractivity contribution in [2.75, 3.05) is 62.3 Å². The summed E-state index contributed by atoms with van der Waals surface area (Å²) in [5.41, 5.74) is 5.33. The molecule has 2 fully saturated rings. The second-order valence-electron chi connectivity index (χ2n) is 10.9. The van der Waals surface area contributed by atoms with Crippen molar-refractivity contribution in [3.63, 3.8) is 0 Å². The number of anilines is 4. The summed E-state index contributed by atoms with van der Waals surface area (Å²) in [5.74, 6) is 2.04. The maximum Gasteiger partial charge on any atom is 0.229 e. The van der Waals surface area contributed by atoms with Crippen molar-refractivity contribution in [2.45, 2.75) is 46.0 Å². The highest BCUT2D eigenvalue weighted by Crippen LogP contribution is 2.35. The van der Waals surface area contributed by atoms with Gasteiger partial charge in [0, 0.05) is 43.6 Å². The molecule has 0 aliphatic carbocycles. The van der Waals surface area contributed by atoms with Gasteiger partial charge in [0.1, 0.15) is 5.02 Å². The average molecular weight is 603 g/mol. The van der Waals surface area contributed by atoms with Crippen LogP contribution in [-0.4, -0.2) is 89.5 Å². The number of aryl methyl sites for hydroxylation is 3. The summed E-state index contributed by atoms with van der Waals surface area (Å²) in [4.78, 5) is 11.2. The Morgan fingerprint density at radius 3 is 2.51 bits per heavy atom. The minimum Gasteiger partial charge on any atom is -0.379 e. The minimum absolute atomic E-state index is 0.207. The Kier molecular flexibility index (Phi) is 9.45. The number of hydrogen-bond acceptors (Lipinski definition) is 9. The maximum atomic E-state index is 13.0. The monoisotopic (exact) mass is 602 g/mol. The molecular weight excluding hydrogens is 564 g/mol. The summed E-state index contributed by atoms with van der Waals surface area (Å²) in [6.45, 7) is 11.2. The summed E-state index contributed by atoms with van der Waals surface area (Å²) >= 11 is 6.31. The predicted octanol–water partition coefficient (Wildman–Crippen LogP) is 4.50. The molecule has 2 saturated heterocycles. The highest BCUT2D eigenvalue weighted by molar-refractivity contribution is 7.89. The second-order valence-corrected chi connectivity index (χ2v) is 13.4. The first-order valence-electron chi connectivity index (χ1n) is 14.2. The molecule has 4 heterocycles. The van der Waals surface area contributed by atoms with Crippen LogP contribution in [0.4, 0.5) is 23.3 Å². The van der Waals surface area contributed by atoms with Gasteiger partial charge in [-0.25, -0.2) is 17.7 Å². The first-order valence-corrected chi connectivity index (χ1v) is 16.1. The number of H-pyrrole nitrogens is 1. The summed E-state index contributed by atoms with van der Waals surface area (Å²) < 4.78 is 33.1. The Hall–Kier alpha value is -2.77. The van der Waals surface area contributed by atoms with Gasteiger partial charge in [-0.05, 0) is 75.3 Å². The van der Waals surface area contributed by atoms with E-state index < -0.39 is 10.0 Å². The lowest BCUT2D eigenvalue weighted by atomic mass is 9.86. The van der Waals surface area contributed by atoms with E-state index in [4.69, 9.17) is 16.3 Å². The van der Waals surface area contributed by atoms with Crippen LogP contribution in [0.3, 0.4) is 0 Å². The fourth-order valence-electron chi connectivity index (χ4n) is 5.52. The van der Waals surface area contributed by atoms with Gasteiger partial charge in [-0.3, -0.25) is 10.00 Å². The highest BCUT2D eigenvalue weighted by atomic mass is 35.5. The fraction of sp³-hybridized carbons (Fsp3) is 0.536. The zero-order valence-corrected chi connectivity index (χ0v) is 25.5.